The van der Waals surface area contributed by atoms with E-state index in [0.29, 0.717) is 6.54 Å². The van der Waals surface area contributed by atoms with Crippen LogP contribution in [-0.2, 0) is 6.42 Å². The molecule has 0 spiro atoms. The van der Waals surface area contributed by atoms with Gasteiger partial charge in [-0.2, -0.15) is 0 Å². The normalized spacial score (nSPS) is 12.1. The molecule has 0 fully saturated rings. The minimum atomic E-state index is 0.0549. The van der Waals surface area contributed by atoms with Crippen molar-refractivity contribution in [1.82, 2.24) is 0 Å². The summed E-state index contributed by atoms with van der Waals surface area (Å²) < 4.78 is 5.95. The summed E-state index contributed by atoms with van der Waals surface area (Å²) in [5.74, 6) is 0.900. The van der Waals surface area contributed by atoms with Crippen LogP contribution in [0.4, 0.5) is 0 Å². The van der Waals surface area contributed by atoms with Crippen LogP contribution < -0.4 is 10.5 Å². The Bertz CT molecular complexity index is 481. The van der Waals surface area contributed by atoms with Gasteiger partial charge in [-0.1, -0.05) is 42.5 Å². The summed E-state index contributed by atoms with van der Waals surface area (Å²) in [4.78, 5) is 0. The van der Waals surface area contributed by atoms with Gasteiger partial charge in [0.1, 0.15) is 11.9 Å². The molecule has 0 aromatic heterocycles. The summed E-state index contributed by atoms with van der Waals surface area (Å²) >= 11 is 0. The SMILES string of the molecule is CC(Oc1cccc(CCN)c1)c1ccccc1. The predicted molar refractivity (Wildman–Crippen MR) is 74.7 cm³/mol. The maximum Gasteiger partial charge on any atom is 0.121 e. The van der Waals surface area contributed by atoms with Crippen molar-refractivity contribution in [2.24, 2.45) is 5.73 Å². The molecule has 0 aliphatic heterocycles. The van der Waals surface area contributed by atoms with Crippen LogP contribution in [-0.4, -0.2) is 6.54 Å². The largest absolute Gasteiger partial charge is 0.486 e. The molecule has 0 aliphatic carbocycles. The molecule has 2 aromatic carbocycles. The molecule has 2 N–H and O–H groups in total. The first-order valence-electron chi connectivity index (χ1n) is 6.30. The lowest BCUT2D eigenvalue weighted by atomic mass is 10.1. The van der Waals surface area contributed by atoms with Crippen molar-refractivity contribution in [3.05, 3.63) is 65.7 Å². The minimum absolute atomic E-state index is 0.0549. The second-order valence-electron chi connectivity index (χ2n) is 4.36. The second-order valence-corrected chi connectivity index (χ2v) is 4.36. The quantitative estimate of drug-likeness (QED) is 0.871. The monoisotopic (exact) mass is 241 g/mol. The minimum Gasteiger partial charge on any atom is -0.486 e. The summed E-state index contributed by atoms with van der Waals surface area (Å²) in [6.07, 6.45) is 0.941. The molecule has 2 rings (SSSR count). The maximum absolute atomic E-state index is 5.95. The lowest BCUT2D eigenvalue weighted by molar-refractivity contribution is 0.227. The van der Waals surface area contributed by atoms with Crippen LogP contribution in [0, 0.1) is 0 Å². The van der Waals surface area contributed by atoms with E-state index in [0.717, 1.165) is 12.2 Å². The lowest BCUT2D eigenvalue weighted by Crippen LogP contribution is -2.05. The zero-order valence-corrected chi connectivity index (χ0v) is 10.7. The van der Waals surface area contributed by atoms with E-state index >= 15 is 0 Å². The maximum atomic E-state index is 5.95. The Morgan fingerprint density at radius 1 is 1.06 bits per heavy atom. The highest BCUT2D eigenvalue weighted by Gasteiger charge is 2.06. The van der Waals surface area contributed by atoms with E-state index in [1.165, 1.54) is 11.1 Å². The fourth-order valence-electron chi connectivity index (χ4n) is 1.94. The number of benzene rings is 2. The van der Waals surface area contributed by atoms with Crippen molar-refractivity contribution in [1.29, 1.82) is 0 Å². The fraction of sp³-hybridized carbons (Fsp3) is 0.250. The average molecular weight is 241 g/mol. The highest BCUT2D eigenvalue weighted by Crippen LogP contribution is 2.22. The Morgan fingerprint density at radius 2 is 1.83 bits per heavy atom. The fourth-order valence-corrected chi connectivity index (χ4v) is 1.94. The molecule has 94 valence electrons. The Balaban J connectivity index is 2.07. The smallest absolute Gasteiger partial charge is 0.121 e. The molecule has 0 amide bonds. The first kappa shape index (κ1) is 12.7. The van der Waals surface area contributed by atoms with Gasteiger partial charge in [0.05, 0.1) is 0 Å². The van der Waals surface area contributed by atoms with Gasteiger partial charge in [-0.15, -0.1) is 0 Å². The summed E-state index contributed by atoms with van der Waals surface area (Å²) in [7, 11) is 0. The molecule has 0 heterocycles. The molecular formula is C16H19NO. The van der Waals surface area contributed by atoms with Crippen molar-refractivity contribution in [2.45, 2.75) is 19.4 Å². The first-order chi connectivity index (χ1) is 8.79. The first-order valence-corrected chi connectivity index (χ1v) is 6.30. The summed E-state index contributed by atoms with van der Waals surface area (Å²) in [6.45, 7) is 2.72. The van der Waals surface area contributed by atoms with Gasteiger partial charge < -0.3 is 10.5 Å². The molecule has 0 saturated heterocycles. The molecule has 18 heavy (non-hydrogen) atoms. The van der Waals surface area contributed by atoms with Crippen LogP contribution in [0.1, 0.15) is 24.2 Å². The standard InChI is InChI=1S/C16H19NO/c1-13(15-7-3-2-4-8-15)18-16-9-5-6-14(12-16)10-11-17/h2-9,12-13H,10-11,17H2,1H3. The summed E-state index contributed by atoms with van der Waals surface area (Å²) in [5.41, 5.74) is 7.96. The second kappa shape index (κ2) is 6.22. The topological polar surface area (TPSA) is 35.2 Å². The molecule has 2 heteroatoms. The van der Waals surface area contributed by atoms with E-state index < -0.39 is 0 Å². The molecule has 2 nitrogen and oxygen atoms in total. The van der Waals surface area contributed by atoms with Gasteiger partial charge in [0.15, 0.2) is 0 Å². The Labute approximate surface area is 108 Å². The predicted octanol–water partition coefficient (Wildman–Crippen LogP) is 3.33. The van der Waals surface area contributed by atoms with E-state index in [1.54, 1.807) is 0 Å². The number of ether oxygens (including phenoxy) is 1. The van der Waals surface area contributed by atoms with Gasteiger partial charge >= 0.3 is 0 Å². The van der Waals surface area contributed by atoms with E-state index in [9.17, 15) is 0 Å². The van der Waals surface area contributed by atoms with Gasteiger partial charge in [-0.05, 0) is 43.1 Å². The molecule has 0 saturated carbocycles. The molecule has 0 radical (unpaired) electrons. The molecule has 1 atom stereocenters. The Hall–Kier alpha value is -1.80. The van der Waals surface area contributed by atoms with Crippen molar-refractivity contribution >= 4 is 0 Å². The Kier molecular flexibility index (Phi) is 4.37. The molecule has 1 unspecified atom stereocenters. The average Bonchev–Trinajstić information content (AvgIpc) is 2.40. The van der Waals surface area contributed by atoms with E-state index in [2.05, 4.69) is 31.2 Å². The van der Waals surface area contributed by atoms with E-state index in [1.807, 2.05) is 30.3 Å². The van der Waals surface area contributed by atoms with Gasteiger partial charge in [-0.25, -0.2) is 0 Å². The zero-order valence-electron chi connectivity index (χ0n) is 10.7. The van der Waals surface area contributed by atoms with Crippen molar-refractivity contribution in [3.8, 4) is 5.75 Å². The summed E-state index contributed by atoms with van der Waals surface area (Å²) in [6, 6.07) is 18.4. The van der Waals surface area contributed by atoms with Crippen LogP contribution >= 0.6 is 0 Å². The zero-order chi connectivity index (χ0) is 12.8. The van der Waals surface area contributed by atoms with Crippen molar-refractivity contribution in [2.75, 3.05) is 6.54 Å². The number of hydrogen-bond acceptors (Lipinski definition) is 2. The van der Waals surface area contributed by atoms with Crippen LogP contribution in [0.2, 0.25) is 0 Å². The molecule has 0 aliphatic rings. The molecule has 2 aromatic rings. The van der Waals surface area contributed by atoms with Gasteiger partial charge in [0.2, 0.25) is 0 Å². The van der Waals surface area contributed by atoms with Gasteiger partial charge in [0, 0.05) is 0 Å². The third kappa shape index (κ3) is 3.34. The molecular weight excluding hydrogens is 222 g/mol. The highest BCUT2D eigenvalue weighted by atomic mass is 16.5. The number of rotatable bonds is 5. The number of hydrogen-bond donors (Lipinski definition) is 1. The number of nitrogens with two attached hydrogens (primary N) is 1. The van der Waals surface area contributed by atoms with Crippen LogP contribution in [0.5, 0.6) is 5.75 Å². The van der Waals surface area contributed by atoms with Crippen molar-refractivity contribution < 1.29 is 4.74 Å². The highest BCUT2D eigenvalue weighted by molar-refractivity contribution is 5.30. The van der Waals surface area contributed by atoms with Crippen LogP contribution in [0.15, 0.2) is 54.6 Å². The van der Waals surface area contributed by atoms with E-state index in [4.69, 9.17) is 10.5 Å². The molecule has 0 bridgehead atoms. The summed E-state index contributed by atoms with van der Waals surface area (Å²) in [5, 5.41) is 0. The Morgan fingerprint density at radius 3 is 2.56 bits per heavy atom. The van der Waals surface area contributed by atoms with E-state index in [-0.39, 0.29) is 6.10 Å². The third-order valence-corrected chi connectivity index (χ3v) is 2.91. The van der Waals surface area contributed by atoms with Gasteiger partial charge in [-0.3, -0.25) is 0 Å². The van der Waals surface area contributed by atoms with Crippen molar-refractivity contribution in [3.63, 3.8) is 0 Å². The van der Waals surface area contributed by atoms with Gasteiger partial charge in [0.25, 0.3) is 0 Å². The van der Waals surface area contributed by atoms with Crippen LogP contribution in [0.3, 0.4) is 0 Å². The van der Waals surface area contributed by atoms with Crippen LogP contribution in [0.25, 0.3) is 0 Å². The third-order valence-electron chi connectivity index (χ3n) is 2.91. The lowest BCUT2D eigenvalue weighted by Gasteiger charge is -2.15.